The van der Waals surface area contributed by atoms with Crippen LogP contribution in [0.25, 0.3) is 0 Å². The van der Waals surface area contributed by atoms with E-state index in [0.717, 1.165) is 22.6 Å². The van der Waals surface area contributed by atoms with Gasteiger partial charge in [0.25, 0.3) is 0 Å². The summed E-state index contributed by atoms with van der Waals surface area (Å²) in [6.45, 7) is 1.96. The van der Waals surface area contributed by atoms with E-state index in [1.165, 1.54) is 0 Å². The minimum Gasteiger partial charge on any atom is -0.489 e. The Bertz CT molecular complexity index is 682. The molecule has 0 bridgehead atoms. The molecule has 1 amide bonds. The van der Waals surface area contributed by atoms with Gasteiger partial charge in [0.1, 0.15) is 17.3 Å². The zero-order valence-electron chi connectivity index (χ0n) is 10.5. The molecule has 3 heteroatoms. The first-order valence-corrected chi connectivity index (χ1v) is 6.41. The Balaban J connectivity index is 2.07. The zero-order valence-corrected chi connectivity index (χ0v) is 10.5. The van der Waals surface area contributed by atoms with Gasteiger partial charge in [-0.1, -0.05) is 36.4 Å². The molecule has 0 saturated carbocycles. The highest BCUT2D eigenvalue weighted by atomic mass is 16.5. The van der Waals surface area contributed by atoms with Crippen molar-refractivity contribution in [2.75, 3.05) is 5.32 Å². The Morgan fingerprint density at radius 1 is 1.05 bits per heavy atom. The molecule has 0 radical (unpaired) electrons. The summed E-state index contributed by atoms with van der Waals surface area (Å²) >= 11 is 0. The maximum absolute atomic E-state index is 12.6. The van der Waals surface area contributed by atoms with Crippen molar-refractivity contribution in [3.05, 3.63) is 59.7 Å². The lowest BCUT2D eigenvalue weighted by Gasteiger charge is -2.25. The molecule has 2 aliphatic heterocycles. The SMILES string of the molecule is CC1Oc2ccccc2C12C(=O)Nc1ccccc12. The second-order valence-electron chi connectivity index (χ2n) is 5.06. The molecule has 0 aromatic heterocycles. The number of amides is 1. The largest absolute Gasteiger partial charge is 0.489 e. The molecule has 3 nitrogen and oxygen atoms in total. The molecule has 2 aromatic carbocycles. The number of hydrogen-bond acceptors (Lipinski definition) is 2. The van der Waals surface area contributed by atoms with Gasteiger partial charge in [0.15, 0.2) is 0 Å². The predicted octanol–water partition coefficient (Wildman–Crippen LogP) is 2.71. The van der Waals surface area contributed by atoms with E-state index < -0.39 is 5.41 Å². The first-order valence-electron chi connectivity index (χ1n) is 6.41. The van der Waals surface area contributed by atoms with Crippen LogP contribution in [0.1, 0.15) is 18.1 Å². The first-order chi connectivity index (χ1) is 9.24. The van der Waals surface area contributed by atoms with Crippen LogP contribution in [0.15, 0.2) is 48.5 Å². The molecule has 2 aromatic rings. The smallest absolute Gasteiger partial charge is 0.243 e. The minimum absolute atomic E-state index is 0.00569. The molecule has 1 spiro atoms. The highest BCUT2D eigenvalue weighted by Crippen LogP contribution is 2.52. The summed E-state index contributed by atoms with van der Waals surface area (Å²) in [5.41, 5.74) is 2.16. The van der Waals surface area contributed by atoms with Crippen molar-refractivity contribution in [2.24, 2.45) is 0 Å². The Labute approximate surface area is 111 Å². The Hall–Kier alpha value is -2.29. The Morgan fingerprint density at radius 3 is 2.58 bits per heavy atom. The molecule has 0 fully saturated rings. The lowest BCUT2D eigenvalue weighted by atomic mass is 9.73. The summed E-state index contributed by atoms with van der Waals surface area (Å²) in [6.07, 6.45) is -0.200. The van der Waals surface area contributed by atoms with E-state index in [0.29, 0.717) is 0 Å². The fraction of sp³-hybridized carbons (Fsp3) is 0.188. The van der Waals surface area contributed by atoms with Crippen molar-refractivity contribution in [3.8, 4) is 5.75 Å². The van der Waals surface area contributed by atoms with E-state index in [-0.39, 0.29) is 12.0 Å². The van der Waals surface area contributed by atoms with Gasteiger partial charge in [-0.3, -0.25) is 4.79 Å². The van der Waals surface area contributed by atoms with Gasteiger partial charge in [-0.25, -0.2) is 0 Å². The number of ether oxygens (including phenoxy) is 1. The normalized spacial score (nSPS) is 26.8. The van der Waals surface area contributed by atoms with E-state index >= 15 is 0 Å². The average Bonchev–Trinajstić information content (AvgIpc) is 2.88. The molecule has 0 aliphatic carbocycles. The second kappa shape index (κ2) is 3.38. The maximum Gasteiger partial charge on any atom is 0.243 e. The van der Waals surface area contributed by atoms with Gasteiger partial charge in [-0.15, -0.1) is 0 Å². The van der Waals surface area contributed by atoms with Crippen LogP contribution in [-0.4, -0.2) is 12.0 Å². The molecule has 94 valence electrons. The second-order valence-corrected chi connectivity index (χ2v) is 5.06. The number of fused-ring (bicyclic) bond motifs is 4. The van der Waals surface area contributed by atoms with Crippen LogP contribution in [0.4, 0.5) is 5.69 Å². The summed E-state index contributed by atoms with van der Waals surface area (Å²) in [5, 5.41) is 2.98. The number of hydrogen-bond donors (Lipinski definition) is 1. The summed E-state index contributed by atoms with van der Waals surface area (Å²) < 4.78 is 5.91. The van der Waals surface area contributed by atoms with Crippen LogP contribution in [0.2, 0.25) is 0 Å². The van der Waals surface area contributed by atoms with Crippen molar-refractivity contribution in [3.63, 3.8) is 0 Å². The molecule has 4 rings (SSSR count). The van der Waals surface area contributed by atoms with Crippen LogP contribution < -0.4 is 10.1 Å². The fourth-order valence-corrected chi connectivity index (χ4v) is 3.34. The molecule has 1 N–H and O–H groups in total. The van der Waals surface area contributed by atoms with Crippen LogP contribution >= 0.6 is 0 Å². The lowest BCUT2D eigenvalue weighted by Crippen LogP contribution is -2.43. The summed E-state index contributed by atoms with van der Waals surface area (Å²) in [4.78, 5) is 12.6. The van der Waals surface area contributed by atoms with Gasteiger partial charge in [0.05, 0.1) is 0 Å². The predicted molar refractivity (Wildman–Crippen MR) is 72.4 cm³/mol. The highest BCUT2D eigenvalue weighted by Gasteiger charge is 2.57. The number of benzene rings is 2. The third-order valence-corrected chi connectivity index (χ3v) is 4.18. The highest BCUT2D eigenvalue weighted by molar-refractivity contribution is 6.10. The molecule has 19 heavy (non-hydrogen) atoms. The minimum atomic E-state index is -0.701. The van der Waals surface area contributed by atoms with Crippen molar-refractivity contribution < 1.29 is 9.53 Å². The number of rotatable bonds is 0. The van der Waals surface area contributed by atoms with Gasteiger partial charge >= 0.3 is 0 Å². The molecular formula is C16H13NO2. The van der Waals surface area contributed by atoms with Crippen molar-refractivity contribution in [2.45, 2.75) is 18.4 Å². The van der Waals surface area contributed by atoms with E-state index in [4.69, 9.17) is 4.74 Å². The molecule has 2 atom stereocenters. The van der Waals surface area contributed by atoms with E-state index in [1.54, 1.807) is 0 Å². The van der Waals surface area contributed by atoms with E-state index in [9.17, 15) is 4.79 Å². The molecule has 2 aliphatic rings. The number of para-hydroxylation sites is 2. The Kier molecular flexibility index (Phi) is 1.89. The van der Waals surface area contributed by atoms with Crippen LogP contribution in [0.3, 0.4) is 0 Å². The lowest BCUT2D eigenvalue weighted by molar-refractivity contribution is -0.121. The van der Waals surface area contributed by atoms with Crippen molar-refractivity contribution in [1.82, 2.24) is 0 Å². The van der Waals surface area contributed by atoms with Gasteiger partial charge in [0, 0.05) is 11.3 Å². The maximum atomic E-state index is 12.6. The zero-order chi connectivity index (χ0) is 13.0. The number of nitrogens with one attached hydrogen (secondary N) is 1. The standard InChI is InChI=1S/C16H13NO2/c1-10-16(12-7-3-5-9-14(12)19-10)11-6-2-4-8-13(11)17-15(16)18/h2-10H,1H3,(H,17,18). The third kappa shape index (κ3) is 1.10. The van der Waals surface area contributed by atoms with Gasteiger partial charge in [-0.2, -0.15) is 0 Å². The summed E-state index contributed by atoms with van der Waals surface area (Å²) in [5.74, 6) is 0.813. The quantitative estimate of drug-likeness (QED) is 0.781. The number of carbonyl (C=O) groups is 1. The molecule has 2 unspecified atom stereocenters. The van der Waals surface area contributed by atoms with E-state index in [2.05, 4.69) is 5.32 Å². The van der Waals surface area contributed by atoms with Crippen LogP contribution in [-0.2, 0) is 10.2 Å². The van der Waals surface area contributed by atoms with E-state index in [1.807, 2.05) is 55.5 Å². The van der Waals surface area contributed by atoms with Crippen molar-refractivity contribution in [1.29, 1.82) is 0 Å². The topological polar surface area (TPSA) is 38.3 Å². The number of anilines is 1. The molecule has 0 saturated heterocycles. The molecular weight excluding hydrogens is 238 g/mol. The third-order valence-electron chi connectivity index (χ3n) is 4.18. The molecule has 2 heterocycles. The monoisotopic (exact) mass is 251 g/mol. The van der Waals surface area contributed by atoms with Gasteiger partial charge < -0.3 is 10.1 Å². The van der Waals surface area contributed by atoms with Gasteiger partial charge in [-0.05, 0) is 24.6 Å². The first kappa shape index (κ1) is 10.6. The van der Waals surface area contributed by atoms with Gasteiger partial charge in [0.2, 0.25) is 5.91 Å². The summed E-state index contributed by atoms with van der Waals surface area (Å²) in [7, 11) is 0. The van der Waals surface area contributed by atoms with Crippen LogP contribution in [0, 0.1) is 0 Å². The average molecular weight is 251 g/mol. The number of carbonyl (C=O) groups excluding carboxylic acids is 1. The summed E-state index contributed by atoms with van der Waals surface area (Å²) in [6, 6.07) is 15.7. The van der Waals surface area contributed by atoms with Crippen molar-refractivity contribution >= 4 is 11.6 Å². The fourth-order valence-electron chi connectivity index (χ4n) is 3.34. The van der Waals surface area contributed by atoms with Crippen LogP contribution in [0.5, 0.6) is 5.75 Å². The Morgan fingerprint density at radius 2 is 1.74 bits per heavy atom.